The molecule has 1 amide bonds. The minimum Gasteiger partial charge on any atom is -0.508 e. The van der Waals surface area contributed by atoms with Crippen molar-refractivity contribution in [3.05, 3.63) is 161 Å². The summed E-state index contributed by atoms with van der Waals surface area (Å²) in [6.45, 7) is -0.318. The Labute approximate surface area is 513 Å². The van der Waals surface area contributed by atoms with Crippen molar-refractivity contribution in [2.45, 2.75) is 108 Å². The van der Waals surface area contributed by atoms with Crippen LogP contribution in [0, 0.1) is 6.92 Å². The van der Waals surface area contributed by atoms with Crippen molar-refractivity contribution in [3.8, 4) is 28.7 Å². The lowest BCUT2D eigenvalue weighted by Crippen LogP contribution is -2.33. The van der Waals surface area contributed by atoms with Gasteiger partial charge in [-0.3, -0.25) is 19.2 Å². The second-order valence-corrected chi connectivity index (χ2v) is 18.7. The van der Waals surface area contributed by atoms with E-state index in [0.29, 0.717) is 36.1 Å². The van der Waals surface area contributed by atoms with Gasteiger partial charge in [-0.15, -0.1) is 10.2 Å². The average Bonchev–Trinajstić information content (AvgIpc) is 1.49. The van der Waals surface area contributed by atoms with Crippen LogP contribution in [0.3, 0.4) is 0 Å². The molecule has 6 aromatic rings. The normalized spacial score (nSPS) is 12.5. The molecular weight excluding hydrogens is 1280 g/mol. The molecule has 6 rings (SSSR count). The number of nitrogens with zero attached hydrogens (tertiary/aromatic N) is 2. The molecule has 92 heavy (non-hydrogen) atoms. The quantitative estimate of drug-likeness (QED) is 0.0166. The Kier molecular flexibility index (Phi) is 33.5. The van der Waals surface area contributed by atoms with E-state index in [1.165, 1.54) is 109 Å². The van der Waals surface area contributed by atoms with Crippen LogP contribution < -0.4 is 24.3 Å². The van der Waals surface area contributed by atoms with Gasteiger partial charge in [0.1, 0.15) is 41.3 Å². The fraction of sp³-hybridized carbons (Fsp3) is 0.390. The maximum Gasteiger partial charge on any atom is 0.340 e. The number of phenolic OH excluding ortho intramolecular Hbond substituents is 1. The fourth-order valence-corrected chi connectivity index (χ4v) is 6.44. The van der Waals surface area contributed by atoms with Crippen LogP contribution in [0.4, 0.5) is 70.2 Å². The molecular formula is C59H61F16N3O14. The zero-order valence-electron chi connectivity index (χ0n) is 48.4. The summed E-state index contributed by atoms with van der Waals surface area (Å²) in [5.41, 5.74) is 1.56. The van der Waals surface area contributed by atoms with Crippen molar-refractivity contribution < 1.29 is 138 Å². The zero-order chi connectivity index (χ0) is 69.4. The van der Waals surface area contributed by atoms with Gasteiger partial charge in [-0.05, 0) is 91.2 Å². The van der Waals surface area contributed by atoms with Crippen LogP contribution in [0.15, 0.2) is 126 Å². The van der Waals surface area contributed by atoms with Gasteiger partial charge in [0.15, 0.2) is 26.4 Å². The number of hydrogen-bond acceptors (Lipinski definition) is 16. The predicted molar refractivity (Wildman–Crippen MR) is 293 cm³/mol. The second kappa shape index (κ2) is 38.9. The maximum atomic E-state index is 12.8. The van der Waals surface area contributed by atoms with Gasteiger partial charge in [-0.1, -0.05) is 60.7 Å². The molecule has 3 atom stereocenters. The number of amides is 1. The number of hydrogen-bond donors (Lipinski definition) is 5. The topological polar surface area (TPSA) is 246 Å². The summed E-state index contributed by atoms with van der Waals surface area (Å²) in [5.74, 6) is -17.6. The first-order chi connectivity index (χ1) is 43.1. The highest BCUT2D eigenvalue weighted by Gasteiger charge is 2.44. The van der Waals surface area contributed by atoms with E-state index in [-0.39, 0.29) is 83.1 Å². The van der Waals surface area contributed by atoms with Crippen molar-refractivity contribution >= 4 is 24.4 Å². The number of aryl methyl sites for hydroxylation is 1. The number of carbonyl (C=O) groups is 4. The van der Waals surface area contributed by atoms with Crippen LogP contribution in [-0.2, 0) is 20.7 Å². The Morgan fingerprint density at radius 3 is 1.22 bits per heavy atom. The molecule has 508 valence electrons. The number of phenols is 1. The van der Waals surface area contributed by atoms with Crippen molar-refractivity contribution in [2.75, 3.05) is 39.6 Å². The molecule has 17 nitrogen and oxygen atoms in total. The van der Waals surface area contributed by atoms with E-state index in [0.717, 1.165) is 0 Å². The molecule has 0 aliphatic carbocycles. The van der Waals surface area contributed by atoms with Crippen LogP contribution >= 0.6 is 0 Å². The highest BCUT2D eigenvalue weighted by atomic mass is 19.3. The molecule has 3 unspecified atom stereocenters. The smallest absolute Gasteiger partial charge is 0.340 e. The number of aliphatic hydroxyl groups is 3. The lowest BCUT2D eigenvalue weighted by atomic mass is 10.1. The third kappa shape index (κ3) is 29.9. The Bertz CT molecular complexity index is 3080. The molecule has 1 aromatic heterocycles. The Balaban J connectivity index is 0.000000402. The van der Waals surface area contributed by atoms with Crippen LogP contribution in [0.2, 0.25) is 0 Å². The number of alkyl halides is 16. The number of nitrogens with one attached hydrogen (secondary N) is 1. The Hall–Kier alpha value is -8.72. The number of aldehydes is 2. The average molecular weight is 1340 g/mol. The third-order valence-electron chi connectivity index (χ3n) is 11.1. The molecule has 0 fully saturated rings. The first kappa shape index (κ1) is 79.4. The minimum absolute atomic E-state index is 0.0253. The highest BCUT2D eigenvalue weighted by molar-refractivity contribution is 5.77. The van der Waals surface area contributed by atoms with Gasteiger partial charge in [-0.2, -0.15) is 35.1 Å². The van der Waals surface area contributed by atoms with Crippen LogP contribution in [0.1, 0.15) is 94.2 Å². The second-order valence-electron chi connectivity index (χ2n) is 18.7. The first-order valence-electron chi connectivity index (χ1n) is 26.6. The molecule has 33 heteroatoms. The van der Waals surface area contributed by atoms with Crippen LogP contribution in [0.25, 0.3) is 0 Å². The number of halogens is 16. The van der Waals surface area contributed by atoms with E-state index in [2.05, 4.69) is 39.2 Å². The zero-order valence-corrected chi connectivity index (χ0v) is 48.4. The van der Waals surface area contributed by atoms with Gasteiger partial charge in [0, 0.05) is 24.6 Å². The first-order valence-corrected chi connectivity index (χ1v) is 26.6. The summed E-state index contributed by atoms with van der Waals surface area (Å²) in [7, 11) is 0. The maximum absolute atomic E-state index is 12.8. The largest absolute Gasteiger partial charge is 0.508 e. The molecule has 0 radical (unpaired) electrons. The summed E-state index contributed by atoms with van der Waals surface area (Å²) in [4.78, 5) is 43.0. The number of rotatable bonds is 29. The van der Waals surface area contributed by atoms with E-state index < -0.39 is 100 Å². The minimum atomic E-state index is -4.26. The molecule has 0 aliphatic heterocycles. The molecule has 5 aromatic carbocycles. The fourth-order valence-electron chi connectivity index (χ4n) is 6.44. The number of aliphatic hydroxyl groups excluding tert-OH is 3. The van der Waals surface area contributed by atoms with Crippen LogP contribution in [-0.4, -0.2) is 144 Å². The highest BCUT2D eigenvalue weighted by Crippen LogP contribution is 2.31. The van der Waals surface area contributed by atoms with Crippen molar-refractivity contribution in [1.82, 2.24) is 15.5 Å². The molecule has 0 saturated carbocycles. The van der Waals surface area contributed by atoms with E-state index >= 15 is 0 Å². The van der Waals surface area contributed by atoms with Gasteiger partial charge in [0.05, 0.1) is 44.2 Å². The van der Waals surface area contributed by atoms with Gasteiger partial charge in [0.25, 0.3) is 0 Å². The molecule has 0 aliphatic rings. The number of ether oxygens (including phenoxy) is 5. The summed E-state index contributed by atoms with van der Waals surface area (Å²) >= 11 is 0. The van der Waals surface area contributed by atoms with Crippen molar-refractivity contribution in [1.29, 1.82) is 0 Å². The SMILES string of the molecule is CCNC(=O)CC(O)c1cccc(OCC(F)(F)C(F)F)c1.CCOC(=O)CC(O)c1cccc(OCC(F)(F)C(F)F)c1.Cc1nnc(CC(O)c2cccc(OCC(F)(F)C(F)F)c2)o1.O=Cc1cccc(O)c1.O=Cc1cccc(OCC(F)(F)C(F)F)c1. The van der Waals surface area contributed by atoms with Gasteiger partial charge in [-0.25, -0.2) is 35.1 Å². The number of aromatic nitrogens is 2. The van der Waals surface area contributed by atoms with Gasteiger partial charge < -0.3 is 53.8 Å². The Morgan fingerprint density at radius 2 is 0.880 bits per heavy atom. The van der Waals surface area contributed by atoms with Crippen molar-refractivity contribution in [3.63, 3.8) is 0 Å². The van der Waals surface area contributed by atoms with Gasteiger partial charge >= 0.3 is 55.4 Å². The van der Waals surface area contributed by atoms with Crippen LogP contribution in [0.5, 0.6) is 28.7 Å². The number of benzene rings is 5. The van der Waals surface area contributed by atoms with E-state index in [4.69, 9.17) is 9.52 Å². The molecule has 5 N–H and O–H groups in total. The monoisotopic (exact) mass is 1340 g/mol. The Morgan fingerprint density at radius 1 is 0.522 bits per heavy atom. The summed E-state index contributed by atoms with van der Waals surface area (Å²) in [6, 6.07) is 27.8. The van der Waals surface area contributed by atoms with Gasteiger partial charge in [0.2, 0.25) is 17.7 Å². The van der Waals surface area contributed by atoms with E-state index in [1.807, 2.05) is 0 Å². The lowest BCUT2D eigenvalue weighted by molar-refractivity contribution is -0.148. The molecule has 0 spiro atoms. The number of aromatic hydroxyl groups is 1. The standard InChI is InChI=1S/C14H14F4N2O3.C14H17F4NO3.C14H16F4O4.C10H8F4O2.C7H6O2/c1-8-19-20-12(23-8)6-11(21)9-3-2-4-10(5-9)22-7-14(17,18)13(15)16;1-2-19-12(21)7-11(20)9-4-3-5-10(6-9)22-8-14(17,18)13(15)16;1-2-21-12(20)7-11(19)9-4-3-5-10(6-9)22-8-14(17,18)13(15)16;11-9(12)10(13,14)6-16-8-3-1-2-7(4-8)5-15;8-5-6-2-1-3-7(9)4-6/h2-5,11,13,21H,6-7H2,1H3;3-6,11,13,20H,2,7-8H2,1H3,(H,19,21);3-6,11,13,19H,2,7-8H2,1H3;1-5,9H,6H2;1-5,9H. The molecule has 0 bridgehead atoms. The van der Waals surface area contributed by atoms with E-state index in [9.17, 15) is 105 Å². The summed E-state index contributed by atoms with van der Waals surface area (Å²) in [6.07, 6.45) is -17.9. The summed E-state index contributed by atoms with van der Waals surface area (Å²) < 4.78 is 226. The number of carbonyl (C=O) groups excluding carboxylic acids is 4. The predicted octanol–water partition coefficient (Wildman–Crippen LogP) is 12.4. The van der Waals surface area contributed by atoms with Crippen molar-refractivity contribution in [2.24, 2.45) is 0 Å². The third-order valence-corrected chi connectivity index (χ3v) is 11.1. The number of esters is 1. The van der Waals surface area contributed by atoms with E-state index in [1.54, 1.807) is 32.9 Å². The lowest BCUT2D eigenvalue weighted by Gasteiger charge is -2.17. The molecule has 0 saturated heterocycles. The molecule has 1 heterocycles. The summed E-state index contributed by atoms with van der Waals surface area (Å²) in [5, 5.41) is 48.4.